The van der Waals surface area contributed by atoms with Crippen molar-refractivity contribution in [3.63, 3.8) is 0 Å². The zero-order valence-electron chi connectivity index (χ0n) is 20.0. The van der Waals surface area contributed by atoms with Crippen molar-refractivity contribution in [3.05, 3.63) is 57.8 Å². The number of amides is 2. The van der Waals surface area contributed by atoms with E-state index in [4.69, 9.17) is 0 Å². The number of rotatable bonds is 7. The summed E-state index contributed by atoms with van der Waals surface area (Å²) in [6, 6.07) is 12.2. The predicted molar refractivity (Wildman–Crippen MR) is 133 cm³/mol. The van der Waals surface area contributed by atoms with Gasteiger partial charge in [0, 0.05) is 51.9 Å². The molecular weight excluding hydrogens is 432 g/mol. The van der Waals surface area contributed by atoms with Crippen molar-refractivity contribution in [1.29, 1.82) is 0 Å². The Morgan fingerprint density at radius 1 is 1.15 bits per heavy atom. The van der Waals surface area contributed by atoms with Gasteiger partial charge in [-0.2, -0.15) is 0 Å². The predicted octanol–water partition coefficient (Wildman–Crippen LogP) is 3.23. The van der Waals surface area contributed by atoms with Crippen LogP contribution in [0.15, 0.2) is 41.8 Å². The van der Waals surface area contributed by atoms with Crippen LogP contribution >= 0.6 is 11.3 Å². The normalized spacial score (nSPS) is 21.2. The highest BCUT2D eigenvalue weighted by molar-refractivity contribution is 7.12. The first-order valence-corrected chi connectivity index (χ1v) is 12.9. The van der Waals surface area contributed by atoms with Gasteiger partial charge in [0.2, 0.25) is 5.91 Å². The highest BCUT2D eigenvalue weighted by Crippen LogP contribution is 2.29. The second-order valence-corrected chi connectivity index (χ2v) is 10.7. The molecule has 0 spiro atoms. The van der Waals surface area contributed by atoms with Crippen molar-refractivity contribution < 1.29 is 9.59 Å². The molecule has 1 aromatic heterocycles. The van der Waals surface area contributed by atoms with Crippen molar-refractivity contribution in [2.75, 3.05) is 39.3 Å². The number of aryl methyl sites for hydroxylation is 1. The lowest BCUT2D eigenvalue weighted by Gasteiger charge is -2.32. The molecule has 0 radical (unpaired) electrons. The number of carbonyl (C=O) groups is 2. The van der Waals surface area contributed by atoms with Crippen LogP contribution in [0.5, 0.6) is 0 Å². The van der Waals surface area contributed by atoms with Crippen molar-refractivity contribution in [2.45, 2.75) is 45.8 Å². The van der Waals surface area contributed by atoms with Gasteiger partial charge in [0.05, 0.1) is 4.88 Å². The van der Waals surface area contributed by atoms with Crippen LogP contribution in [0.25, 0.3) is 0 Å². The lowest BCUT2D eigenvalue weighted by Crippen LogP contribution is -2.53. The van der Waals surface area contributed by atoms with E-state index in [0.29, 0.717) is 36.9 Å². The van der Waals surface area contributed by atoms with E-state index in [9.17, 15) is 9.59 Å². The van der Waals surface area contributed by atoms with Crippen molar-refractivity contribution in [3.8, 4) is 0 Å². The van der Waals surface area contributed by atoms with E-state index in [1.807, 2.05) is 27.3 Å². The molecule has 2 saturated heterocycles. The molecule has 7 heteroatoms. The Hall–Kier alpha value is -2.22. The van der Waals surface area contributed by atoms with E-state index in [1.54, 1.807) is 0 Å². The van der Waals surface area contributed by atoms with Crippen LogP contribution in [-0.2, 0) is 11.3 Å². The Morgan fingerprint density at radius 2 is 1.88 bits per heavy atom. The number of piperazine rings is 1. The van der Waals surface area contributed by atoms with Gasteiger partial charge in [-0.3, -0.25) is 14.5 Å². The number of hydrogen-bond donors (Lipinski definition) is 1. The quantitative estimate of drug-likeness (QED) is 0.678. The summed E-state index contributed by atoms with van der Waals surface area (Å²) in [6.07, 6.45) is 0.693. The van der Waals surface area contributed by atoms with Gasteiger partial charge in [0.15, 0.2) is 0 Å². The Kier molecular flexibility index (Phi) is 7.83. The first-order valence-electron chi connectivity index (χ1n) is 12.1. The van der Waals surface area contributed by atoms with Crippen molar-refractivity contribution >= 4 is 23.2 Å². The van der Waals surface area contributed by atoms with Gasteiger partial charge in [0.25, 0.3) is 5.91 Å². The average molecular weight is 469 g/mol. The SMILES string of the molecule is Cc1ccc(CN(CC(C)C)C2CC(C(=O)N3CCNCC3)N(C(=O)c3cccs3)C2)cc1. The highest BCUT2D eigenvalue weighted by atomic mass is 32.1. The summed E-state index contributed by atoms with van der Waals surface area (Å²) in [5.41, 5.74) is 2.53. The molecule has 2 aliphatic heterocycles. The molecule has 178 valence electrons. The smallest absolute Gasteiger partial charge is 0.264 e. The van der Waals surface area contributed by atoms with Crippen LogP contribution in [0, 0.1) is 12.8 Å². The zero-order valence-corrected chi connectivity index (χ0v) is 20.8. The van der Waals surface area contributed by atoms with Crippen LogP contribution in [0.3, 0.4) is 0 Å². The van der Waals surface area contributed by atoms with Gasteiger partial charge < -0.3 is 15.1 Å². The number of hydrogen-bond acceptors (Lipinski definition) is 5. The molecule has 2 fully saturated rings. The third-order valence-corrected chi connectivity index (χ3v) is 7.47. The topological polar surface area (TPSA) is 55.9 Å². The van der Waals surface area contributed by atoms with E-state index >= 15 is 0 Å². The number of benzene rings is 1. The van der Waals surface area contributed by atoms with E-state index in [2.05, 4.69) is 55.3 Å². The first kappa shape index (κ1) is 23.9. The molecule has 2 aromatic rings. The van der Waals surface area contributed by atoms with Crippen LogP contribution in [0.2, 0.25) is 0 Å². The van der Waals surface area contributed by atoms with Gasteiger partial charge in [-0.05, 0) is 36.3 Å². The van der Waals surface area contributed by atoms with Crippen LogP contribution in [-0.4, -0.2) is 77.9 Å². The minimum Gasteiger partial charge on any atom is -0.338 e. The van der Waals surface area contributed by atoms with Gasteiger partial charge >= 0.3 is 0 Å². The summed E-state index contributed by atoms with van der Waals surface area (Å²) in [5.74, 6) is 0.587. The maximum absolute atomic E-state index is 13.6. The fourth-order valence-electron chi connectivity index (χ4n) is 4.91. The molecule has 2 aliphatic rings. The first-order chi connectivity index (χ1) is 15.9. The van der Waals surface area contributed by atoms with Crippen LogP contribution < -0.4 is 5.32 Å². The third-order valence-electron chi connectivity index (χ3n) is 6.61. The van der Waals surface area contributed by atoms with Crippen LogP contribution in [0.1, 0.15) is 41.1 Å². The fraction of sp³-hybridized carbons (Fsp3) is 0.538. The van der Waals surface area contributed by atoms with Crippen molar-refractivity contribution in [2.24, 2.45) is 5.92 Å². The second kappa shape index (κ2) is 10.8. The molecule has 0 bridgehead atoms. The van der Waals surface area contributed by atoms with E-state index in [0.717, 1.165) is 26.2 Å². The Labute approximate surface area is 201 Å². The summed E-state index contributed by atoms with van der Waals surface area (Å²) in [4.78, 5) is 34.0. The number of thiophene rings is 1. The van der Waals surface area contributed by atoms with Crippen molar-refractivity contribution in [1.82, 2.24) is 20.0 Å². The largest absolute Gasteiger partial charge is 0.338 e. The molecule has 3 heterocycles. The Bertz CT molecular complexity index is 922. The fourth-order valence-corrected chi connectivity index (χ4v) is 5.59. The number of nitrogens with zero attached hydrogens (tertiary/aromatic N) is 3. The lowest BCUT2D eigenvalue weighted by atomic mass is 10.1. The average Bonchev–Trinajstić information content (AvgIpc) is 3.50. The minimum absolute atomic E-state index is 0.0131. The van der Waals surface area contributed by atoms with E-state index < -0.39 is 6.04 Å². The van der Waals surface area contributed by atoms with Gasteiger partial charge in [0.1, 0.15) is 6.04 Å². The molecule has 2 amide bonds. The summed E-state index contributed by atoms with van der Waals surface area (Å²) >= 11 is 1.45. The maximum Gasteiger partial charge on any atom is 0.264 e. The molecule has 1 N–H and O–H groups in total. The maximum atomic E-state index is 13.6. The standard InChI is InChI=1S/C26H36N4O2S/c1-19(2)16-29(17-21-8-6-20(3)7-9-21)22-15-23(25(31)28-12-10-27-11-13-28)30(18-22)26(32)24-5-4-14-33-24/h4-9,14,19,22-23,27H,10-13,15-18H2,1-3H3. The lowest BCUT2D eigenvalue weighted by molar-refractivity contribution is -0.135. The summed E-state index contributed by atoms with van der Waals surface area (Å²) in [7, 11) is 0. The molecule has 4 rings (SSSR count). The monoisotopic (exact) mass is 468 g/mol. The van der Waals surface area contributed by atoms with Crippen LogP contribution in [0.4, 0.5) is 0 Å². The third kappa shape index (κ3) is 5.83. The molecule has 1 aromatic carbocycles. The molecule has 2 atom stereocenters. The Morgan fingerprint density at radius 3 is 2.52 bits per heavy atom. The highest BCUT2D eigenvalue weighted by Gasteiger charge is 2.43. The van der Waals surface area contributed by atoms with Gasteiger partial charge in [-0.1, -0.05) is 49.7 Å². The minimum atomic E-state index is -0.393. The summed E-state index contributed by atoms with van der Waals surface area (Å²) in [6.45, 7) is 12.0. The number of likely N-dealkylation sites (tertiary alicyclic amines) is 1. The summed E-state index contributed by atoms with van der Waals surface area (Å²) < 4.78 is 0. The van der Waals surface area contributed by atoms with E-state index in [1.165, 1.54) is 22.5 Å². The molecule has 6 nitrogen and oxygen atoms in total. The molecule has 2 unspecified atom stereocenters. The number of nitrogens with one attached hydrogen (secondary N) is 1. The Balaban J connectivity index is 1.57. The second-order valence-electron chi connectivity index (χ2n) is 9.72. The van der Waals surface area contributed by atoms with Gasteiger partial charge in [-0.15, -0.1) is 11.3 Å². The van der Waals surface area contributed by atoms with Gasteiger partial charge in [-0.25, -0.2) is 0 Å². The molecule has 0 saturated carbocycles. The zero-order chi connectivity index (χ0) is 23.4. The van der Waals surface area contributed by atoms with E-state index in [-0.39, 0.29) is 17.9 Å². The number of carbonyl (C=O) groups excluding carboxylic acids is 2. The molecule has 33 heavy (non-hydrogen) atoms. The molecule has 0 aliphatic carbocycles. The molecular formula is C26H36N4O2S. The summed E-state index contributed by atoms with van der Waals surface area (Å²) in [5, 5.41) is 5.24.